The summed E-state index contributed by atoms with van der Waals surface area (Å²) in [7, 11) is 0. The van der Waals surface area contributed by atoms with Gasteiger partial charge in [0.15, 0.2) is 0 Å². The number of hydrogen-bond acceptors (Lipinski definition) is 4. The van der Waals surface area contributed by atoms with Crippen molar-refractivity contribution in [1.29, 1.82) is 0 Å². The molecule has 4 aliphatic rings. The summed E-state index contributed by atoms with van der Waals surface area (Å²) in [6.45, 7) is 4.56. The molecule has 0 radical (unpaired) electrons. The van der Waals surface area contributed by atoms with Crippen molar-refractivity contribution in [3.8, 4) is 5.69 Å². The van der Waals surface area contributed by atoms with Gasteiger partial charge in [-0.3, -0.25) is 4.79 Å². The summed E-state index contributed by atoms with van der Waals surface area (Å²) in [6, 6.07) is 6.90. The highest BCUT2D eigenvalue weighted by atomic mass is 32.2. The highest BCUT2D eigenvalue weighted by Gasteiger charge is 2.53. The maximum atomic E-state index is 13.4. The fourth-order valence-corrected chi connectivity index (χ4v) is 7.63. The average Bonchev–Trinajstić information content (AvgIpc) is 3.17. The van der Waals surface area contributed by atoms with Gasteiger partial charge in [-0.1, -0.05) is 13.8 Å². The number of carboxylic acids is 1. The standard InChI is InChI=1S/C25H31N3O3S/c1-3-8-32-23-20(14-26-28(23)19-6-4-16(5-7-19)24(30)31)22(29)27-21-17-9-15-10-18(21)13-25(2,11-15)12-17/h4-7,14-15,17-18,21H,3,8-13H2,1-2H3,(H,27,29)(H,30,31). The monoisotopic (exact) mass is 453 g/mol. The number of aromatic carboxylic acids is 1. The molecule has 1 heterocycles. The van der Waals surface area contributed by atoms with Crippen LogP contribution in [0.3, 0.4) is 0 Å². The van der Waals surface area contributed by atoms with Crippen molar-refractivity contribution in [2.75, 3.05) is 5.75 Å². The molecular formula is C25H31N3O3S. The van der Waals surface area contributed by atoms with Gasteiger partial charge >= 0.3 is 5.97 Å². The summed E-state index contributed by atoms with van der Waals surface area (Å²) < 4.78 is 1.76. The number of amides is 1. The van der Waals surface area contributed by atoms with Crippen LogP contribution in [0.1, 0.15) is 73.1 Å². The number of rotatable bonds is 7. The fourth-order valence-electron chi connectivity index (χ4n) is 6.66. The molecule has 7 heteroatoms. The number of hydrogen-bond donors (Lipinski definition) is 2. The molecule has 6 nitrogen and oxygen atoms in total. The summed E-state index contributed by atoms with van der Waals surface area (Å²) >= 11 is 1.63. The van der Waals surface area contributed by atoms with Crippen molar-refractivity contribution in [3.05, 3.63) is 41.6 Å². The van der Waals surface area contributed by atoms with Crippen molar-refractivity contribution in [3.63, 3.8) is 0 Å². The van der Waals surface area contributed by atoms with E-state index in [9.17, 15) is 14.7 Å². The molecule has 1 aromatic heterocycles. The van der Waals surface area contributed by atoms with Crippen LogP contribution in [-0.2, 0) is 0 Å². The third-order valence-electron chi connectivity index (χ3n) is 7.65. The summed E-state index contributed by atoms with van der Waals surface area (Å²) in [4.78, 5) is 24.6. The van der Waals surface area contributed by atoms with Crippen LogP contribution in [-0.4, -0.2) is 38.6 Å². The van der Waals surface area contributed by atoms with Gasteiger partial charge in [-0.25, -0.2) is 9.48 Å². The van der Waals surface area contributed by atoms with Crippen molar-refractivity contribution >= 4 is 23.6 Å². The van der Waals surface area contributed by atoms with E-state index in [0.717, 1.165) is 28.8 Å². The highest BCUT2D eigenvalue weighted by molar-refractivity contribution is 7.99. The molecule has 2 unspecified atom stereocenters. The van der Waals surface area contributed by atoms with E-state index in [4.69, 9.17) is 0 Å². The largest absolute Gasteiger partial charge is 0.478 e. The second kappa shape index (κ2) is 8.25. The van der Waals surface area contributed by atoms with Gasteiger partial charge in [-0.15, -0.1) is 11.8 Å². The third kappa shape index (κ3) is 3.85. The van der Waals surface area contributed by atoms with Gasteiger partial charge in [0.1, 0.15) is 5.03 Å². The van der Waals surface area contributed by atoms with Gasteiger partial charge in [0.25, 0.3) is 5.91 Å². The Labute approximate surface area is 193 Å². The topological polar surface area (TPSA) is 84.2 Å². The molecule has 2 atom stereocenters. The van der Waals surface area contributed by atoms with E-state index in [1.807, 2.05) is 0 Å². The average molecular weight is 454 g/mol. The van der Waals surface area contributed by atoms with Crippen LogP contribution in [0.5, 0.6) is 0 Å². The Morgan fingerprint density at radius 3 is 2.47 bits per heavy atom. The Bertz CT molecular complexity index is 1020. The zero-order valence-electron chi connectivity index (χ0n) is 18.7. The van der Waals surface area contributed by atoms with E-state index < -0.39 is 5.97 Å². The maximum absolute atomic E-state index is 13.4. The lowest BCUT2D eigenvalue weighted by molar-refractivity contribution is -0.0641. The summed E-state index contributed by atoms with van der Waals surface area (Å²) in [6.07, 6.45) is 8.99. The quantitative estimate of drug-likeness (QED) is 0.575. The predicted molar refractivity (Wildman–Crippen MR) is 124 cm³/mol. The molecule has 6 rings (SSSR count). The van der Waals surface area contributed by atoms with Crippen LogP contribution >= 0.6 is 11.8 Å². The van der Waals surface area contributed by atoms with E-state index in [1.54, 1.807) is 46.9 Å². The van der Waals surface area contributed by atoms with Crippen LogP contribution < -0.4 is 5.32 Å². The molecule has 32 heavy (non-hydrogen) atoms. The molecule has 4 fully saturated rings. The second-order valence-corrected chi connectivity index (χ2v) is 11.3. The number of nitrogens with one attached hydrogen (secondary N) is 1. The molecule has 4 aliphatic carbocycles. The van der Waals surface area contributed by atoms with E-state index in [-0.39, 0.29) is 17.5 Å². The molecule has 4 bridgehead atoms. The third-order valence-corrected chi connectivity index (χ3v) is 8.93. The van der Waals surface area contributed by atoms with Crippen LogP contribution in [0.4, 0.5) is 0 Å². The molecule has 0 aliphatic heterocycles. The Balaban J connectivity index is 1.39. The first-order valence-corrected chi connectivity index (χ1v) is 12.7. The van der Waals surface area contributed by atoms with E-state index in [0.29, 0.717) is 22.8 Å². The molecule has 0 spiro atoms. The normalized spacial score (nSPS) is 30.4. The molecule has 4 saturated carbocycles. The Kier molecular flexibility index (Phi) is 5.56. The molecule has 170 valence electrons. The van der Waals surface area contributed by atoms with Crippen molar-refractivity contribution in [1.82, 2.24) is 15.1 Å². The Morgan fingerprint density at radius 1 is 1.19 bits per heavy atom. The van der Waals surface area contributed by atoms with Gasteiger partial charge in [-0.2, -0.15) is 5.10 Å². The number of carbonyl (C=O) groups excluding carboxylic acids is 1. The predicted octanol–water partition coefficient (Wildman–Crippen LogP) is 5.02. The molecule has 1 aromatic carbocycles. The smallest absolute Gasteiger partial charge is 0.335 e. The zero-order chi connectivity index (χ0) is 22.5. The van der Waals surface area contributed by atoms with Gasteiger partial charge in [0.05, 0.1) is 23.0 Å². The summed E-state index contributed by atoms with van der Waals surface area (Å²) in [5, 5.41) is 17.9. The minimum atomic E-state index is -0.956. The number of thioether (sulfide) groups is 1. The first-order valence-electron chi connectivity index (χ1n) is 11.7. The highest BCUT2D eigenvalue weighted by Crippen LogP contribution is 2.59. The summed E-state index contributed by atoms with van der Waals surface area (Å²) in [5.74, 6) is 1.94. The second-order valence-electron chi connectivity index (χ2n) is 10.3. The van der Waals surface area contributed by atoms with Crippen LogP contribution in [0, 0.1) is 23.2 Å². The van der Waals surface area contributed by atoms with Gasteiger partial charge in [0, 0.05) is 6.04 Å². The van der Waals surface area contributed by atoms with Gasteiger partial charge in [0.2, 0.25) is 0 Å². The SMILES string of the molecule is CCCSc1c(C(=O)NC2C3CC4CC2CC(C)(C4)C3)cnn1-c1ccc(C(=O)O)cc1. The van der Waals surface area contributed by atoms with E-state index in [1.165, 1.54) is 32.1 Å². The number of carbonyl (C=O) groups is 2. The Morgan fingerprint density at radius 2 is 1.88 bits per heavy atom. The first kappa shape index (κ1) is 21.6. The van der Waals surface area contributed by atoms with Crippen LogP contribution in [0.15, 0.2) is 35.5 Å². The van der Waals surface area contributed by atoms with Gasteiger partial charge in [-0.05, 0) is 91.7 Å². The number of carboxylic acid groups (broad SMARTS) is 1. The van der Waals surface area contributed by atoms with Gasteiger partial charge < -0.3 is 10.4 Å². The van der Waals surface area contributed by atoms with Crippen LogP contribution in [0.2, 0.25) is 0 Å². The minimum Gasteiger partial charge on any atom is -0.478 e. The molecule has 0 saturated heterocycles. The lowest BCUT2D eigenvalue weighted by atomic mass is 9.48. The maximum Gasteiger partial charge on any atom is 0.335 e. The molecular weight excluding hydrogens is 422 g/mol. The number of benzene rings is 1. The van der Waals surface area contributed by atoms with Crippen molar-refractivity contribution < 1.29 is 14.7 Å². The zero-order valence-corrected chi connectivity index (χ0v) is 19.5. The number of nitrogens with zero attached hydrogens (tertiary/aromatic N) is 2. The fraction of sp³-hybridized carbons (Fsp3) is 0.560. The molecule has 2 aromatic rings. The lowest BCUT2D eigenvalue weighted by Crippen LogP contribution is -2.58. The van der Waals surface area contributed by atoms with Crippen molar-refractivity contribution in [2.24, 2.45) is 23.2 Å². The lowest BCUT2D eigenvalue weighted by Gasteiger charge is -2.59. The Hall–Kier alpha value is -2.28. The summed E-state index contributed by atoms with van der Waals surface area (Å²) in [5.41, 5.74) is 2.09. The molecule has 1 amide bonds. The van der Waals surface area contributed by atoms with E-state index >= 15 is 0 Å². The number of aromatic nitrogens is 2. The van der Waals surface area contributed by atoms with Crippen LogP contribution in [0.25, 0.3) is 5.69 Å². The minimum absolute atomic E-state index is 0.0281. The van der Waals surface area contributed by atoms with E-state index in [2.05, 4.69) is 24.3 Å². The molecule has 2 N–H and O–H groups in total. The first-order chi connectivity index (χ1) is 15.4. The van der Waals surface area contributed by atoms with Crippen molar-refractivity contribution in [2.45, 2.75) is 63.4 Å².